The van der Waals surface area contributed by atoms with Gasteiger partial charge in [-0.1, -0.05) is 0 Å². The number of nitro benzene ring substituents is 1. The lowest BCUT2D eigenvalue weighted by atomic mass is 10.2. The number of carbonyl (C=O) groups excluding carboxylic acids is 1. The van der Waals surface area contributed by atoms with Crippen LogP contribution in [0.25, 0.3) is 0 Å². The quantitative estimate of drug-likeness (QED) is 0.681. The van der Waals surface area contributed by atoms with Gasteiger partial charge < -0.3 is 14.4 Å². The third kappa shape index (κ3) is 2.89. The van der Waals surface area contributed by atoms with Crippen LogP contribution < -0.4 is 4.90 Å². The van der Waals surface area contributed by atoms with Crippen LogP contribution in [0.3, 0.4) is 0 Å². The largest absolute Gasteiger partial charge is 0.478 e. The first-order valence-electron chi connectivity index (χ1n) is 5.74. The van der Waals surface area contributed by atoms with Gasteiger partial charge in [-0.15, -0.1) is 0 Å². The number of hydrogen-bond donors (Lipinski definition) is 1. The molecule has 0 bridgehead atoms. The van der Waals surface area contributed by atoms with Gasteiger partial charge in [0, 0.05) is 30.9 Å². The zero-order valence-corrected chi connectivity index (χ0v) is 10.8. The van der Waals surface area contributed by atoms with E-state index in [1.165, 1.54) is 36.2 Å². The lowest BCUT2D eigenvalue weighted by Crippen LogP contribution is -2.25. The molecule has 0 spiro atoms. The minimum Gasteiger partial charge on any atom is -0.478 e. The Kier molecular flexibility index (Phi) is 3.70. The van der Waals surface area contributed by atoms with E-state index in [-0.39, 0.29) is 17.0 Å². The first-order valence-corrected chi connectivity index (χ1v) is 5.74. The number of amides is 1. The molecular formula is C13H10N2O6. The molecule has 0 aliphatic rings. The summed E-state index contributed by atoms with van der Waals surface area (Å²) in [5.41, 5.74) is 0.195. The fourth-order valence-corrected chi connectivity index (χ4v) is 1.64. The Labute approximate surface area is 118 Å². The van der Waals surface area contributed by atoms with Gasteiger partial charge in [0.25, 0.3) is 11.6 Å². The summed E-state index contributed by atoms with van der Waals surface area (Å²) in [6, 6.07) is 6.48. The lowest BCUT2D eigenvalue weighted by molar-refractivity contribution is -0.384. The fraction of sp³-hybridized carbons (Fsp3) is 0.0769. The number of rotatable bonds is 4. The summed E-state index contributed by atoms with van der Waals surface area (Å²) in [7, 11) is 1.45. The highest BCUT2D eigenvalue weighted by Crippen LogP contribution is 2.20. The highest BCUT2D eigenvalue weighted by Gasteiger charge is 2.19. The number of non-ortho nitro benzene ring substituents is 1. The highest BCUT2D eigenvalue weighted by atomic mass is 16.6. The molecule has 1 heterocycles. The van der Waals surface area contributed by atoms with Gasteiger partial charge in [-0.2, -0.15) is 0 Å². The zero-order chi connectivity index (χ0) is 15.6. The summed E-state index contributed by atoms with van der Waals surface area (Å²) in [6.45, 7) is 0. The van der Waals surface area contributed by atoms with Gasteiger partial charge in [-0.3, -0.25) is 14.9 Å². The van der Waals surface area contributed by atoms with Gasteiger partial charge in [-0.05, 0) is 12.1 Å². The summed E-state index contributed by atoms with van der Waals surface area (Å²) in [4.78, 5) is 34.1. The van der Waals surface area contributed by atoms with Crippen molar-refractivity contribution in [3.05, 3.63) is 58.0 Å². The molecule has 8 nitrogen and oxygen atoms in total. The van der Waals surface area contributed by atoms with E-state index in [9.17, 15) is 19.7 Å². The van der Waals surface area contributed by atoms with Crippen LogP contribution in [0.15, 0.2) is 41.0 Å². The number of hydrogen-bond acceptors (Lipinski definition) is 5. The van der Waals surface area contributed by atoms with E-state index in [4.69, 9.17) is 9.52 Å². The van der Waals surface area contributed by atoms with E-state index >= 15 is 0 Å². The van der Waals surface area contributed by atoms with E-state index in [0.29, 0.717) is 5.69 Å². The molecule has 1 N–H and O–H groups in total. The number of aromatic carboxylic acids is 1. The van der Waals surface area contributed by atoms with Crippen molar-refractivity contribution in [3.8, 4) is 0 Å². The Hall–Kier alpha value is -3.16. The van der Waals surface area contributed by atoms with Gasteiger partial charge in [0.2, 0.25) is 0 Å². The van der Waals surface area contributed by atoms with Gasteiger partial charge in [-0.25, -0.2) is 4.79 Å². The van der Waals surface area contributed by atoms with E-state index in [1.54, 1.807) is 0 Å². The maximum atomic E-state index is 12.1. The molecule has 21 heavy (non-hydrogen) atoms. The molecule has 0 aliphatic carbocycles. The zero-order valence-electron chi connectivity index (χ0n) is 10.8. The first-order chi connectivity index (χ1) is 9.90. The van der Waals surface area contributed by atoms with Crippen molar-refractivity contribution in [2.75, 3.05) is 11.9 Å². The number of carboxylic acids is 1. The summed E-state index contributed by atoms with van der Waals surface area (Å²) >= 11 is 0. The van der Waals surface area contributed by atoms with Crippen molar-refractivity contribution in [1.82, 2.24) is 0 Å². The normalized spacial score (nSPS) is 10.1. The van der Waals surface area contributed by atoms with E-state index < -0.39 is 16.8 Å². The Morgan fingerprint density at radius 3 is 2.38 bits per heavy atom. The average Bonchev–Trinajstić information content (AvgIpc) is 2.96. The SMILES string of the molecule is CN(C(=O)c1cc(C(=O)O)co1)c1ccc([N+](=O)[O-])cc1. The second-order valence-electron chi connectivity index (χ2n) is 4.14. The van der Waals surface area contributed by atoms with Crippen molar-refractivity contribution in [2.24, 2.45) is 0 Å². The van der Waals surface area contributed by atoms with Gasteiger partial charge in [0.05, 0.1) is 10.5 Å². The summed E-state index contributed by atoms with van der Waals surface area (Å²) < 4.78 is 4.91. The van der Waals surface area contributed by atoms with Crippen LogP contribution in [-0.2, 0) is 0 Å². The predicted octanol–water partition coefficient (Wildman–Crippen LogP) is 2.16. The molecule has 0 saturated carbocycles. The molecule has 1 aromatic heterocycles. The molecule has 2 aromatic rings. The van der Waals surface area contributed by atoms with Gasteiger partial charge in [0.15, 0.2) is 5.76 Å². The van der Waals surface area contributed by atoms with Crippen molar-refractivity contribution >= 4 is 23.3 Å². The average molecular weight is 290 g/mol. The number of carbonyl (C=O) groups is 2. The Morgan fingerprint density at radius 1 is 1.29 bits per heavy atom. The number of carboxylic acid groups (broad SMARTS) is 1. The standard InChI is InChI=1S/C13H10N2O6/c1-14(9-2-4-10(5-3-9)15(19)20)12(16)11-6-8(7-21-11)13(17)18/h2-7H,1H3,(H,17,18). The molecular weight excluding hydrogens is 280 g/mol. The Balaban J connectivity index is 2.21. The summed E-state index contributed by atoms with van der Waals surface area (Å²) in [5, 5.41) is 19.3. The maximum Gasteiger partial charge on any atom is 0.338 e. The van der Waals surface area contributed by atoms with Crippen LogP contribution in [0.4, 0.5) is 11.4 Å². The third-order valence-corrected chi connectivity index (χ3v) is 2.81. The van der Waals surface area contributed by atoms with E-state index in [2.05, 4.69) is 0 Å². The minimum atomic E-state index is -1.20. The lowest BCUT2D eigenvalue weighted by Gasteiger charge is -2.15. The van der Waals surface area contributed by atoms with E-state index in [0.717, 1.165) is 12.3 Å². The van der Waals surface area contributed by atoms with Crippen molar-refractivity contribution in [1.29, 1.82) is 0 Å². The second-order valence-corrected chi connectivity index (χ2v) is 4.14. The minimum absolute atomic E-state index is 0.0919. The summed E-state index contributed by atoms with van der Waals surface area (Å²) in [6.07, 6.45) is 0.971. The highest BCUT2D eigenvalue weighted by molar-refractivity contribution is 6.05. The molecule has 2 rings (SSSR count). The van der Waals surface area contributed by atoms with Crippen LogP contribution in [0.1, 0.15) is 20.9 Å². The van der Waals surface area contributed by atoms with Crippen molar-refractivity contribution < 1.29 is 24.0 Å². The third-order valence-electron chi connectivity index (χ3n) is 2.81. The topological polar surface area (TPSA) is 114 Å². The van der Waals surface area contributed by atoms with Crippen LogP contribution in [0.5, 0.6) is 0 Å². The van der Waals surface area contributed by atoms with E-state index in [1.807, 2.05) is 0 Å². The molecule has 0 radical (unpaired) electrons. The molecule has 8 heteroatoms. The predicted molar refractivity (Wildman–Crippen MR) is 71.5 cm³/mol. The smallest absolute Gasteiger partial charge is 0.338 e. The van der Waals surface area contributed by atoms with Crippen LogP contribution >= 0.6 is 0 Å². The van der Waals surface area contributed by atoms with Crippen molar-refractivity contribution in [3.63, 3.8) is 0 Å². The fourth-order valence-electron chi connectivity index (χ4n) is 1.64. The number of benzene rings is 1. The van der Waals surface area contributed by atoms with Crippen LogP contribution in [0, 0.1) is 10.1 Å². The number of furan rings is 1. The second kappa shape index (κ2) is 5.45. The maximum absolute atomic E-state index is 12.1. The molecule has 0 aliphatic heterocycles. The number of anilines is 1. The molecule has 0 saturated heterocycles. The number of nitrogens with zero attached hydrogens (tertiary/aromatic N) is 2. The Morgan fingerprint density at radius 2 is 1.90 bits per heavy atom. The molecule has 108 valence electrons. The van der Waals surface area contributed by atoms with Gasteiger partial charge in [0.1, 0.15) is 6.26 Å². The summed E-state index contributed by atoms with van der Waals surface area (Å²) in [5.74, 6) is -1.89. The first kappa shape index (κ1) is 14.3. The molecule has 1 amide bonds. The molecule has 0 fully saturated rings. The van der Waals surface area contributed by atoms with Crippen LogP contribution in [-0.4, -0.2) is 29.0 Å². The van der Waals surface area contributed by atoms with Gasteiger partial charge >= 0.3 is 5.97 Å². The molecule has 0 unspecified atom stereocenters. The monoisotopic (exact) mass is 290 g/mol. The van der Waals surface area contributed by atoms with Crippen molar-refractivity contribution in [2.45, 2.75) is 0 Å². The Bertz CT molecular complexity index is 704. The number of nitro groups is 1. The van der Waals surface area contributed by atoms with Crippen LogP contribution in [0.2, 0.25) is 0 Å². The molecule has 0 atom stereocenters. The molecule has 1 aromatic carbocycles.